The van der Waals surface area contributed by atoms with Crippen LogP contribution in [-0.4, -0.2) is 22.2 Å². The third-order valence-corrected chi connectivity index (χ3v) is 2.30. The van der Waals surface area contributed by atoms with Crippen molar-refractivity contribution >= 4 is 23.3 Å². The zero-order valence-electron chi connectivity index (χ0n) is 8.20. The van der Waals surface area contributed by atoms with Crippen molar-refractivity contribution in [3.05, 3.63) is 23.2 Å². The van der Waals surface area contributed by atoms with Crippen LogP contribution in [0.3, 0.4) is 0 Å². The molecule has 1 aromatic carbocycles. The highest BCUT2D eigenvalue weighted by atomic mass is 35.5. The van der Waals surface area contributed by atoms with E-state index in [1.54, 1.807) is 13.0 Å². The van der Waals surface area contributed by atoms with Crippen molar-refractivity contribution < 1.29 is 15.0 Å². The minimum atomic E-state index is -0.915. The second-order valence-corrected chi connectivity index (χ2v) is 3.52. The van der Waals surface area contributed by atoms with Gasteiger partial charge in [-0.2, -0.15) is 0 Å². The first-order valence-corrected chi connectivity index (χ1v) is 4.90. The van der Waals surface area contributed by atoms with Crippen molar-refractivity contribution in [1.29, 1.82) is 0 Å². The molecule has 0 aromatic heterocycles. The Morgan fingerprint density at radius 3 is 2.73 bits per heavy atom. The molecule has 0 saturated heterocycles. The van der Waals surface area contributed by atoms with Gasteiger partial charge >= 0.3 is 5.97 Å². The van der Waals surface area contributed by atoms with Gasteiger partial charge in [0.25, 0.3) is 0 Å². The molecule has 1 unspecified atom stereocenters. The second kappa shape index (κ2) is 4.89. The number of hydrogen-bond acceptors (Lipinski definition) is 3. The molecule has 0 aliphatic rings. The third-order valence-electron chi connectivity index (χ3n) is 1.99. The number of aromatic hydroxyl groups is 1. The number of phenolic OH excluding ortho intramolecular Hbond substituents is 1. The molecule has 1 atom stereocenters. The van der Waals surface area contributed by atoms with Gasteiger partial charge in [-0.1, -0.05) is 18.5 Å². The first-order chi connectivity index (χ1) is 7.04. The molecule has 3 N–H and O–H groups in total. The highest BCUT2D eigenvalue weighted by Crippen LogP contribution is 2.26. The van der Waals surface area contributed by atoms with E-state index in [9.17, 15) is 4.79 Å². The van der Waals surface area contributed by atoms with Crippen LogP contribution in [0, 0.1) is 0 Å². The number of nitrogens with one attached hydrogen (secondary N) is 1. The Labute approximate surface area is 92.5 Å². The second-order valence-electron chi connectivity index (χ2n) is 3.11. The van der Waals surface area contributed by atoms with Crippen LogP contribution in [0.4, 0.5) is 5.69 Å². The van der Waals surface area contributed by atoms with Crippen LogP contribution in [0.15, 0.2) is 18.2 Å². The molecule has 0 radical (unpaired) electrons. The number of halogens is 1. The molecule has 0 fully saturated rings. The normalized spacial score (nSPS) is 12.1. The maximum atomic E-state index is 10.7. The van der Waals surface area contributed by atoms with Crippen molar-refractivity contribution in [3.8, 4) is 5.75 Å². The molecular weight excluding hydrogens is 218 g/mol. The van der Waals surface area contributed by atoms with E-state index in [0.717, 1.165) is 0 Å². The minimum absolute atomic E-state index is 0.0226. The number of carbonyl (C=O) groups is 1. The topological polar surface area (TPSA) is 69.6 Å². The standard InChI is InChI=1S/C10H12ClNO3/c1-2-8(10(14)15)12-6-3-4-9(13)7(11)5-6/h3-5,8,12-13H,2H2,1H3,(H,14,15). The van der Waals surface area contributed by atoms with Gasteiger partial charge in [0, 0.05) is 5.69 Å². The largest absolute Gasteiger partial charge is 0.506 e. The van der Waals surface area contributed by atoms with Gasteiger partial charge in [0.05, 0.1) is 5.02 Å². The van der Waals surface area contributed by atoms with Crippen molar-refractivity contribution in [2.75, 3.05) is 5.32 Å². The van der Waals surface area contributed by atoms with Crippen LogP contribution >= 0.6 is 11.6 Å². The van der Waals surface area contributed by atoms with E-state index in [4.69, 9.17) is 21.8 Å². The molecule has 5 heteroatoms. The Kier molecular flexibility index (Phi) is 3.80. The summed E-state index contributed by atoms with van der Waals surface area (Å²) in [5.74, 6) is -0.938. The van der Waals surface area contributed by atoms with Gasteiger partial charge in [0.15, 0.2) is 0 Å². The van der Waals surface area contributed by atoms with Gasteiger partial charge in [-0.15, -0.1) is 0 Å². The lowest BCUT2D eigenvalue weighted by Crippen LogP contribution is -2.28. The lowest BCUT2D eigenvalue weighted by Gasteiger charge is -2.13. The average molecular weight is 230 g/mol. The number of anilines is 1. The maximum absolute atomic E-state index is 10.7. The molecule has 0 aliphatic carbocycles. The number of phenols is 1. The van der Waals surface area contributed by atoms with E-state index in [1.807, 2.05) is 0 Å². The Morgan fingerprint density at radius 2 is 2.27 bits per heavy atom. The molecule has 0 amide bonds. The first-order valence-electron chi connectivity index (χ1n) is 4.52. The molecule has 82 valence electrons. The predicted molar refractivity (Wildman–Crippen MR) is 58.5 cm³/mol. The highest BCUT2D eigenvalue weighted by Gasteiger charge is 2.14. The molecule has 4 nitrogen and oxygen atoms in total. The summed E-state index contributed by atoms with van der Waals surface area (Å²) in [6.45, 7) is 1.77. The van der Waals surface area contributed by atoms with E-state index in [-0.39, 0.29) is 10.8 Å². The fourth-order valence-electron chi connectivity index (χ4n) is 1.14. The lowest BCUT2D eigenvalue weighted by molar-refractivity contribution is -0.137. The van der Waals surface area contributed by atoms with E-state index in [2.05, 4.69) is 5.32 Å². The predicted octanol–water partition coefficient (Wildman–Crippen LogP) is 2.32. The molecular formula is C10H12ClNO3. The monoisotopic (exact) mass is 229 g/mol. The van der Waals surface area contributed by atoms with Crippen LogP contribution in [0.2, 0.25) is 5.02 Å². The van der Waals surface area contributed by atoms with E-state index in [0.29, 0.717) is 12.1 Å². The maximum Gasteiger partial charge on any atom is 0.326 e. The smallest absolute Gasteiger partial charge is 0.326 e. The molecule has 0 spiro atoms. The number of benzene rings is 1. The number of rotatable bonds is 4. The van der Waals surface area contributed by atoms with Crippen molar-refractivity contribution in [2.24, 2.45) is 0 Å². The first kappa shape index (κ1) is 11.7. The summed E-state index contributed by atoms with van der Waals surface area (Å²) in [5, 5.41) is 21.0. The SMILES string of the molecule is CCC(Nc1ccc(O)c(Cl)c1)C(=O)O. The molecule has 15 heavy (non-hydrogen) atoms. The van der Waals surface area contributed by atoms with Crippen LogP contribution in [-0.2, 0) is 4.79 Å². The number of carboxylic acids is 1. The zero-order chi connectivity index (χ0) is 11.4. The van der Waals surface area contributed by atoms with Crippen LogP contribution in [0.25, 0.3) is 0 Å². The average Bonchev–Trinajstić information content (AvgIpc) is 2.19. The van der Waals surface area contributed by atoms with E-state index >= 15 is 0 Å². The minimum Gasteiger partial charge on any atom is -0.506 e. The lowest BCUT2D eigenvalue weighted by atomic mass is 10.2. The van der Waals surface area contributed by atoms with Gasteiger partial charge < -0.3 is 15.5 Å². The summed E-state index contributed by atoms with van der Waals surface area (Å²) in [6, 6.07) is 3.83. The summed E-state index contributed by atoms with van der Waals surface area (Å²) >= 11 is 5.68. The third kappa shape index (κ3) is 3.02. The Balaban J connectivity index is 2.80. The Hall–Kier alpha value is -1.42. The zero-order valence-corrected chi connectivity index (χ0v) is 8.95. The van der Waals surface area contributed by atoms with Crippen LogP contribution in [0.5, 0.6) is 5.75 Å². The van der Waals surface area contributed by atoms with Crippen molar-refractivity contribution in [1.82, 2.24) is 0 Å². The van der Waals surface area contributed by atoms with Gasteiger partial charge in [-0.3, -0.25) is 0 Å². The Morgan fingerprint density at radius 1 is 1.60 bits per heavy atom. The van der Waals surface area contributed by atoms with Crippen molar-refractivity contribution in [2.45, 2.75) is 19.4 Å². The summed E-state index contributed by atoms with van der Waals surface area (Å²) in [4.78, 5) is 10.7. The van der Waals surface area contributed by atoms with Gasteiger partial charge in [-0.05, 0) is 24.6 Å². The van der Waals surface area contributed by atoms with E-state index in [1.165, 1.54) is 12.1 Å². The number of hydrogen-bond donors (Lipinski definition) is 3. The van der Waals surface area contributed by atoms with Crippen LogP contribution in [0.1, 0.15) is 13.3 Å². The molecule has 1 aromatic rings. The Bertz CT molecular complexity index is 368. The van der Waals surface area contributed by atoms with Gasteiger partial charge in [-0.25, -0.2) is 4.79 Å². The highest BCUT2D eigenvalue weighted by molar-refractivity contribution is 6.32. The summed E-state index contributed by atoms with van der Waals surface area (Å²) < 4.78 is 0. The quantitative estimate of drug-likeness (QED) is 0.693. The number of aliphatic carboxylic acids is 1. The van der Waals surface area contributed by atoms with Gasteiger partial charge in [0.1, 0.15) is 11.8 Å². The molecule has 0 heterocycles. The van der Waals surface area contributed by atoms with E-state index < -0.39 is 12.0 Å². The summed E-state index contributed by atoms with van der Waals surface area (Å²) in [7, 11) is 0. The molecule has 0 bridgehead atoms. The van der Waals surface area contributed by atoms with Crippen molar-refractivity contribution in [3.63, 3.8) is 0 Å². The fourth-order valence-corrected chi connectivity index (χ4v) is 1.32. The van der Waals surface area contributed by atoms with Gasteiger partial charge in [0.2, 0.25) is 0 Å². The number of carboxylic acid groups (broad SMARTS) is 1. The summed E-state index contributed by atoms with van der Waals surface area (Å²) in [6.07, 6.45) is 0.466. The summed E-state index contributed by atoms with van der Waals surface area (Å²) in [5.41, 5.74) is 0.576. The molecule has 0 saturated carbocycles. The molecule has 0 aliphatic heterocycles. The molecule has 1 rings (SSSR count). The van der Waals surface area contributed by atoms with Crippen LogP contribution < -0.4 is 5.32 Å². The fraction of sp³-hybridized carbons (Fsp3) is 0.300.